The summed E-state index contributed by atoms with van der Waals surface area (Å²) in [4.78, 5) is 21.5. The van der Waals surface area contributed by atoms with Gasteiger partial charge in [0.2, 0.25) is 0 Å². The molecular formula is C11H10F3NO4. The molecule has 5 nitrogen and oxygen atoms in total. The molecule has 0 heterocycles. The lowest BCUT2D eigenvalue weighted by atomic mass is 10.3. The number of carbonyl (C=O) groups excluding carboxylic acids is 2. The van der Waals surface area contributed by atoms with E-state index in [0.717, 1.165) is 6.07 Å². The lowest BCUT2D eigenvalue weighted by Gasteiger charge is -2.09. The van der Waals surface area contributed by atoms with Crippen LogP contribution in [0.1, 0.15) is 0 Å². The maximum Gasteiger partial charge on any atom is 0.471 e. The van der Waals surface area contributed by atoms with Crippen molar-refractivity contribution in [3.8, 4) is 5.75 Å². The van der Waals surface area contributed by atoms with Crippen LogP contribution in [0.3, 0.4) is 0 Å². The number of esters is 1. The zero-order chi connectivity index (χ0) is 14.5. The molecule has 0 aliphatic heterocycles. The number of nitrogens with one attached hydrogen (secondary N) is 1. The molecule has 0 atom stereocenters. The van der Waals surface area contributed by atoms with Gasteiger partial charge in [-0.05, 0) is 12.1 Å². The van der Waals surface area contributed by atoms with Gasteiger partial charge in [-0.3, -0.25) is 4.79 Å². The lowest BCUT2D eigenvalue weighted by molar-refractivity contribution is -0.167. The first-order valence-corrected chi connectivity index (χ1v) is 5.01. The molecule has 0 saturated heterocycles. The first-order chi connectivity index (χ1) is 8.82. The summed E-state index contributed by atoms with van der Waals surface area (Å²) in [6.07, 6.45) is -4.97. The summed E-state index contributed by atoms with van der Waals surface area (Å²) in [5.74, 6) is -2.59. The zero-order valence-electron chi connectivity index (χ0n) is 9.78. The second kappa shape index (κ2) is 6.07. The quantitative estimate of drug-likeness (QED) is 0.851. The van der Waals surface area contributed by atoms with Gasteiger partial charge in [0, 0.05) is 11.8 Å². The molecule has 0 aliphatic rings. The van der Waals surface area contributed by atoms with Crippen molar-refractivity contribution in [2.45, 2.75) is 6.18 Å². The Hall–Kier alpha value is -2.25. The van der Waals surface area contributed by atoms with E-state index in [9.17, 15) is 22.8 Å². The standard InChI is InChI=1S/C11H10F3NO4/c1-18-9(16)6-19-8-4-2-3-7(5-8)15-10(17)11(12,13)14/h2-5H,6H2,1H3,(H,15,17). The second-order valence-corrected chi connectivity index (χ2v) is 3.34. The lowest BCUT2D eigenvalue weighted by Crippen LogP contribution is -2.29. The van der Waals surface area contributed by atoms with Gasteiger partial charge in [-0.15, -0.1) is 0 Å². The summed E-state index contributed by atoms with van der Waals surface area (Å²) < 4.78 is 45.4. The molecule has 1 amide bonds. The van der Waals surface area contributed by atoms with Crippen LogP contribution in [0.4, 0.5) is 18.9 Å². The van der Waals surface area contributed by atoms with E-state index in [1.807, 2.05) is 0 Å². The molecule has 0 saturated carbocycles. The predicted molar refractivity (Wildman–Crippen MR) is 58.6 cm³/mol. The van der Waals surface area contributed by atoms with Crippen molar-refractivity contribution in [1.82, 2.24) is 0 Å². The molecule has 0 radical (unpaired) electrons. The highest BCUT2D eigenvalue weighted by molar-refractivity contribution is 5.95. The SMILES string of the molecule is COC(=O)COc1cccc(NC(=O)C(F)(F)F)c1. The molecule has 0 spiro atoms. The highest BCUT2D eigenvalue weighted by atomic mass is 19.4. The Morgan fingerprint density at radius 1 is 1.32 bits per heavy atom. The van der Waals surface area contributed by atoms with Crippen molar-refractivity contribution in [3.63, 3.8) is 0 Å². The Labute approximate surface area is 106 Å². The van der Waals surface area contributed by atoms with Gasteiger partial charge in [-0.2, -0.15) is 13.2 Å². The predicted octanol–water partition coefficient (Wildman–Crippen LogP) is 1.74. The maximum absolute atomic E-state index is 12.0. The monoisotopic (exact) mass is 277 g/mol. The number of alkyl halides is 3. The van der Waals surface area contributed by atoms with Crippen molar-refractivity contribution in [3.05, 3.63) is 24.3 Å². The third-order valence-electron chi connectivity index (χ3n) is 1.93. The number of hydrogen-bond donors (Lipinski definition) is 1. The number of rotatable bonds is 4. The van der Waals surface area contributed by atoms with E-state index >= 15 is 0 Å². The molecule has 19 heavy (non-hydrogen) atoms. The largest absolute Gasteiger partial charge is 0.482 e. The molecular weight excluding hydrogens is 267 g/mol. The minimum Gasteiger partial charge on any atom is -0.482 e. The molecule has 1 N–H and O–H groups in total. The summed E-state index contributed by atoms with van der Waals surface area (Å²) in [7, 11) is 1.17. The molecule has 104 valence electrons. The average Bonchev–Trinajstić information content (AvgIpc) is 2.35. The van der Waals surface area contributed by atoms with Crippen LogP contribution in [-0.4, -0.2) is 31.8 Å². The minimum atomic E-state index is -4.97. The van der Waals surface area contributed by atoms with Crippen LogP contribution in [0.2, 0.25) is 0 Å². The van der Waals surface area contributed by atoms with Gasteiger partial charge >= 0.3 is 18.1 Å². The van der Waals surface area contributed by atoms with Crippen LogP contribution < -0.4 is 10.1 Å². The Kier molecular flexibility index (Phi) is 4.74. The smallest absolute Gasteiger partial charge is 0.471 e. The fourth-order valence-electron chi connectivity index (χ4n) is 1.07. The van der Waals surface area contributed by atoms with Crippen LogP contribution in [0.5, 0.6) is 5.75 Å². The van der Waals surface area contributed by atoms with Gasteiger partial charge in [0.05, 0.1) is 7.11 Å². The summed E-state index contributed by atoms with van der Waals surface area (Å²) in [6, 6.07) is 5.21. The van der Waals surface area contributed by atoms with Crippen LogP contribution in [0.15, 0.2) is 24.3 Å². The van der Waals surface area contributed by atoms with Crippen molar-refractivity contribution in [1.29, 1.82) is 0 Å². The zero-order valence-corrected chi connectivity index (χ0v) is 9.78. The van der Waals surface area contributed by atoms with Crippen LogP contribution in [0, 0.1) is 0 Å². The topological polar surface area (TPSA) is 64.6 Å². The maximum atomic E-state index is 12.0. The van der Waals surface area contributed by atoms with Gasteiger partial charge < -0.3 is 14.8 Å². The third-order valence-corrected chi connectivity index (χ3v) is 1.93. The van der Waals surface area contributed by atoms with Crippen molar-refractivity contribution in [2.75, 3.05) is 19.0 Å². The summed E-state index contributed by atoms with van der Waals surface area (Å²) in [6.45, 7) is -0.382. The first kappa shape index (κ1) is 14.8. The van der Waals surface area contributed by atoms with Gasteiger partial charge in [-0.1, -0.05) is 6.07 Å². The number of amides is 1. The van der Waals surface area contributed by atoms with E-state index in [-0.39, 0.29) is 18.0 Å². The highest BCUT2D eigenvalue weighted by Crippen LogP contribution is 2.21. The first-order valence-electron chi connectivity index (χ1n) is 5.01. The molecule has 1 aromatic rings. The fourth-order valence-corrected chi connectivity index (χ4v) is 1.07. The molecule has 1 aromatic carbocycles. The van der Waals surface area contributed by atoms with Crippen LogP contribution >= 0.6 is 0 Å². The van der Waals surface area contributed by atoms with Crippen LogP contribution in [0.25, 0.3) is 0 Å². The van der Waals surface area contributed by atoms with Crippen molar-refractivity contribution < 1.29 is 32.2 Å². The number of anilines is 1. The molecule has 0 aliphatic carbocycles. The van der Waals surface area contributed by atoms with Gasteiger partial charge in [-0.25, -0.2) is 4.79 Å². The molecule has 1 rings (SSSR count). The third kappa shape index (κ3) is 4.86. The van der Waals surface area contributed by atoms with Gasteiger partial charge in [0.1, 0.15) is 5.75 Å². The number of ether oxygens (including phenoxy) is 2. The molecule has 0 bridgehead atoms. The average molecular weight is 277 g/mol. The molecule has 0 aromatic heterocycles. The van der Waals surface area contributed by atoms with E-state index < -0.39 is 18.1 Å². The van der Waals surface area contributed by atoms with E-state index in [2.05, 4.69) is 4.74 Å². The summed E-state index contributed by atoms with van der Waals surface area (Å²) in [5, 5.41) is 1.66. The Bertz CT molecular complexity index is 473. The summed E-state index contributed by atoms with van der Waals surface area (Å²) in [5.41, 5.74) is -0.0929. The second-order valence-electron chi connectivity index (χ2n) is 3.34. The number of hydrogen-bond acceptors (Lipinski definition) is 4. The molecule has 0 unspecified atom stereocenters. The number of carbonyl (C=O) groups is 2. The minimum absolute atomic E-state index is 0.0929. The van der Waals surface area contributed by atoms with Crippen molar-refractivity contribution in [2.24, 2.45) is 0 Å². The van der Waals surface area contributed by atoms with E-state index in [1.165, 1.54) is 25.3 Å². The normalized spacial score (nSPS) is 10.7. The van der Waals surface area contributed by atoms with Crippen LogP contribution in [-0.2, 0) is 14.3 Å². The Morgan fingerprint density at radius 3 is 2.58 bits per heavy atom. The van der Waals surface area contributed by atoms with Gasteiger partial charge in [0.15, 0.2) is 6.61 Å². The number of benzene rings is 1. The fraction of sp³-hybridized carbons (Fsp3) is 0.273. The van der Waals surface area contributed by atoms with E-state index in [0.29, 0.717) is 0 Å². The molecule has 8 heteroatoms. The highest BCUT2D eigenvalue weighted by Gasteiger charge is 2.38. The van der Waals surface area contributed by atoms with E-state index in [4.69, 9.17) is 4.74 Å². The Morgan fingerprint density at radius 2 is 2.00 bits per heavy atom. The van der Waals surface area contributed by atoms with Crippen molar-refractivity contribution >= 4 is 17.6 Å². The van der Waals surface area contributed by atoms with Gasteiger partial charge in [0.25, 0.3) is 0 Å². The summed E-state index contributed by atoms with van der Waals surface area (Å²) >= 11 is 0. The number of methoxy groups -OCH3 is 1. The van der Waals surface area contributed by atoms with E-state index in [1.54, 1.807) is 5.32 Å². The number of halogens is 3. The Balaban J connectivity index is 2.67. The molecule has 0 fully saturated rings.